The largest absolute Gasteiger partial charge is 0.481 e. The molecule has 0 fully saturated rings. The Labute approximate surface area is 66.5 Å². The van der Waals surface area contributed by atoms with Gasteiger partial charge in [0.1, 0.15) is 0 Å². The fourth-order valence-corrected chi connectivity index (χ4v) is 0.621. The summed E-state index contributed by atoms with van der Waals surface area (Å²) < 4.78 is 0. The average Bonchev–Trinajstić information content (AvgIpc) is 1.86. The molecule has 0 atom stereocenters. The Kier molecular flexibility index (Phi) is 5.07. The molecule has 0 aliphatic carbocycles. The van der Waals surface area contributed by atoms with Crippen LogP contribution in [0.5, 0.6) is 0 Å². The van der Waals surface area contributed by atoms with Gasteiger partial charge in [0, 0.05) is 12.3 Å². The lowest BCUT2D eigenvalue weighted by Gasteiger charge is -1.94. The fourth-order valence-electron chi connectivity index (χ4n) is 0.621. The average molecular weight is 155 g/mol. The second-order valence-electron chi connectivity index (χ2n) is 2.26. The molecule has 0 saturated heterocycles. The molecule has 0 radical (unpaired) electrons. The first-order valence-electron chi connectivity index (χ1n) is 3.49. The molecule has 62 valence electrons. The van der Waals surface area contributed by atoms with Gasteiger partial charge in [-0.15, -0.1) is 6.58 Å². The molecule has 0 amide bonds. The van der Waals surface area contributed by atoms with E-state index in [1.54, 1.807) is 13.0 Å². The second kappa shape index (κ2) is 5.65. The van der Waals surface area contributed by atoms with Crippen molar-refractivity contribution in [3.05, 3.63) is 12.7 Å². The van der Waals surface area contributed by atoms with Gasteiger partial charge in [-0.3, -0.25) is 9.79 Å². The van der Waals surface area contributed by atoms with E-state index in [2.05, 4.69) is 11.6 Å². The molecule has 11 heavy (non-hydrogen) atoms. The van der Waals surface area contributed by atoms with E-state index >= 15 is 0 Å². The van der Waals surface area contributed by atoms with Crippen LogP contribution in [-0.2, 0) is 4.79 Å². The monoisotopic (exact) mass is 155 g/mol. The van der Waals surface area contributed by atoms with Crippen LogP contribution in [-0.4, -0.2) is 23.3 Å². The van der Waals surface area contributed by atoms with Gasteiger partial charge in [0.05, 0.1) is 6.42 Å². The number of aliphatic imine (C=N–C) groups is 1. The van der Waals surface area contributed by atoms with Crippen LogP contribution in [0.25, 0.3) is 0 Å². The minimum absolute atomic E-state index is 0.0388. The molecule has 0 bridgehead atoms. The normalized spacial score (nSPS) is 11.2. The number of carboxylic acids is 1. The van der Waals surface area contributed by atoms with Crippen molar-refractivity contribution in [1.82, 2.24) is 0 Å². The molecule has 0 rings (SSSR count). The minimum Gasteiger partial charge on any atom is -0.481 e. The van der Waals surface area contributed by atoms with Crippen LogP contribution in [0.2, 0.25) is 0 Å². The third kappa shape index (κ3) is 6.77. The lowest BCUT2D eigenvalue weighted by atomic mass is 10.3. The molecule has 3 nitrogen and oxygen atoms in total. The van der Waals surface area contributed by atoms with Gasteiger partial charge in [-0.2, -0.15) is 0 Å². The summed E-state index contributed by atoms with van der Waals surface area (Å²) in [6.07, 6.45) is 2.60. The third-order valence-electron chi connectivity index (χ3n) is 1.12. The molecule has 0 aromatic carbocycles. The van der Waals surface area contributed by atoms with Crippen LogP contribution in [0.3, 0.4) is 0 Å². The molecular formula is C8H13NO2. The Morgan fingerprint density at radius 1 is 1.73 bits per heavy atom. The summed E-state index contributed by atoms with van der Waals surface area (Å²) in [5, 5.41) is 8.34. The highest BCUT2D eigenvalue weighted by Crippen LogP contribution is 1.89. The van der Waals surface area contributed by atoms with Gasteiger partial charge in [-0.05, 0) is 13.3 Å². The molecule has 0 aliphatic rings. The van der Waals surface area contributed by atoms with Crippen LogP contribution < -0.4 is 0 Å². The number of nitrogens with zero attached hydrogens (tertiary/aromatic N) is 1. The first-order chi connectivity index (χ1) is 5.16. The lowest BCUT2D eigenvalue weighted by molar-refractivity contribution is -0.135. The Morgan fingerprint density at radius 3 is 2.82 bits per heavy atom. The van der Waals surface area contributed by atoms with Crippen molar-refractivity contribution in [3.8, 4) is 0 Å². The minimum atomic E-state index is -0.829. The Hall–Kier alpha value is -1.12. The van der Waals surface area contributed by atoms with E-state index in [1.807, 2.05) is 0 Å². The summed E-state index contributed by atoms with van der Waals surface area (Å²) in [5.74, 6) is -0.829. The van der Waals surface area contributed by atoms with Gasteiger partial charge in [-0.1, -0.05) is 6.08 Å². The number of carbonyl (C=O) groups is 1. The van der Waals surface area contributed by atoms with Gasteiger partial charge in [-0.25, -0.2) is 0 Å². The smallest absolute Gasteiger partial charge is 0.309 e. The molecule has 0 aromatic rings. The molecule has 0 unspecified atom stereocenters. The molecule has 0 aliphatic heterocycles. The predicted octanol–water partition coefficient (Wildman–Crippen LogP) is 1.50. The van der Waals surface area contributed by atoms with E-state index in [0.29, 0.717) is 12.3 Å². The molecule has 1 N–H and O–H groups in total. The summed E-state index contributed by atoms with van der Waals surface area (Å²) >= 11 is 0. The van der Waals surface area contributed by atoms with Gasteiger partial charge < -0.3 is 5.11 Å². The highest BCUT2D eigenvalue weighted by molar-refractivity contribution is 5.96. The summed E-state index contributed by atoms with van der Waals surface area (Å²) in [6, 6.07) is 0. The first-order valence-corrected chi connectivity index (χ1v) is 3.49. The topological polar surface area (TPSA) is 49.7 Å². The van der Waals surface area contributed by atoms with Gasteiger partial charge in [0.2, 0.25) is 0 Å². The van der Waals surface area contributed by atoms with Crippen molar-refractivity contribution in [2.45, 2.75) is 19.8 Å². The number of carboxylic acid groups (broad SMARTS) is 1. The summed E-state index contributed by atoms with van der Waals surface area (Å²) in [4.78, 5) is 14.2. The first kappa shape index (κ1) is 9.88. The number of hydrogen-bond acceptors (Lipinski definition) is 2. The molecule has 0 aromatic heterocycles. The maximum Gasteiger partial charge on any atom is 0.309 e. The summed E-state index contributed by atoms with van der Waals surface area (Å²) in [7, 11) is 0. The SMILES string of the molecule is C=CCCN=C(C)CC(=O)O. The fraction of sp³-hybridized carbons (Fsp3) is 0.500. The standard InChI is InChI=1S/C8H13NO2/c1-3-4-5-9-7(2)6-8(10)11/h3H,1,4-6H2,2H3,(H,10,11). The van der Waals surface area contributed by atoms with Crippen molar-refractivity contribution in [1.29, 1.82) is 0 Å². The maximum absolute atomic E-state index is 10.1. The summed E-state index contributed by atoms with van der Waals surface area (Å²) in [6.45, 7) is 5.89. The van der Waals surface area contributed by atoms with Crippen molar-refractivity contribution in [2.24, 2.45) is 4.99 Å². The Balaban J connectivity index is 3.62. The van der Waals surface area contributed by atoms with Crippen molar-refractivity contribution in [3.63, 3.8) is 0 Å². The van der Waals surface area contributed by atoms with Crippen LogP contribution >= 0.6 is 0 Å². The van der Waals surface area contributed by atoms with E-state index < -0.39 is 5.97 Å². The Bertz CT molecular complexity index is 173. The van der Waals surface area contributed by atoms with Gasteiger partial charge >= 0.3 is 5.97 Å². The van der Waals surface area contributed by atoms with E-state index in [9.17, 15) is 4.79 Å². The van der Waals surface area contributed by atoms with E-state index in [1.165, 1.54) is 0 Å². The molecule has 3 heteroatoms. The summed E-state index contributed by atoms with van der Waals surface area (Å²) in [5.41, 5.74) is 0.666. The van der Waals surface area contributed by atoms with Crippen molar-refractivity contribution in [2.75, 3.05) is 6.54 Å². The highest BCUT2D eigenvalue weighted by Gasteiger charge is 1.97. The molecule has 0 heterocycles. The maximum atomic E-state index is 10.1. The van der Waals surface area contributed by atoms with Crippen LogP contribution in [0.4, 0.5) is 0 Å². The number of hydrogen-bond donors (Lipinski definition) is 1. The molecule has 0 spiro atoms. The van der Waals surface area contributed by atoms with E-state index in [4.69, 9.17) is 5.11 Å². The van der Waals surface area contributed by atoms with E-state index in [0.717, 1.165) is 6.42 Å². The van der Waals surface area contributed by atoms with Crippen molar-refractivity contribution < 1.29 is 9.90 Å². The van der Waals surface area contributed by atoms with Crippen LogP contribution in [0.1, 0.15) is 19.8 Å². The molecule has 0 saturated carbocycles. The lowest BCUT2D eigenvalue weighted by Crippen LogP contribution is -2.03. The zero-order chi connectivity index (χ0) is 8.69. The van der Waals surface area contributed by atoms with Crippen molar-refractivity contribution >= 4 is 11.7 Å². The van der Waals surface area contributed by atoms with Crippen LogP contribution in [0, 0.1) is 0 Å². The second-order valence-corrected chi connectivity index (χ2v) is 2.26. The Morgan fingerprint density at radius 2 is 2.36 bits per heavy atom. The van der Waals surface area contributed by atoms with E-state index in [-0.39, 0.29) is 6.42 Å². The highest BCUT2D eigenvalue weighted by atomic mass is 16.4. The van der Waals surface area contributed by atoms with Gasteiger partial charge in [0.25, 0.3) is 0 Å². The zero-order valence-corrected chi connectivity index (χ0v) is 6.71. The zero-order valence-electron chi connectivity index (χ0n) is 6.71. The number of aliphatic carboxylic acids is 1. The van der Waals surface area contributed by atoms with Gasteiger partial charge in [0.15, 0.2) is 0 Å². The third-order valence-corrected chi connectivity index (χ3v) is 1.12. The number of rotatable bonds is 5. The predicted molar refractivity (Wildman–Crippen MR) is 45.0 cm³/mol. The molecular weight excluding hydrogens is 142 g/mol. The quantitative estimate of drug-likeness (QED) is 0.371. The van der Waals surface area contributed by atoms with Crippen LogP contribution in [0.15, 0.2) is 17.6 Å².